The fourth-order valence-electron chi connectivity index (χ4n) is 5.38. The Kier molecular flexibility index (Phi) is 6.30. The van der Waals surface area contributed by atoms with Crippen molar-refractivity contribution in [2.75, 3.05) is 32.6 Å². The molecule has 1 aliphatic carbocycles. The molecule has 1 N–H and O–H groups in total. The van der Waals surface area contributed by atoms with Crippen LogP contribution in [0, 0.1) is 5.92 Å². The number of carboxylic acids is 1. The number of hydrogen-bond acceptors (Lipinski definition) is 8. The number of ether oxygens (including phenoxy) is 4. The zero-order chi connectivity index (χ0) is 24.2. The van der Waals surface area contributed by atoms with Gasteiger partial charge in [-0.3, -0.25) is 4.79 Å². The molecule has 11 heteroatoms. The van der Waals surface area contributed by atoms with Crippen LogP contribution in [-0.4, -0.2) is 97.8 Å². The monoisotopic (exact) mass is 487 g/mol. The Hall–Kier alpha value is -1.69. The van der Waals surface area contributed by atoms with Crippen LogP contribution in [0.4, 0.5) is 4.79 Å². The molecule has 1 spiro atoms. The molecule has 186 valence electrons. The second kappa shape index (κ2) is 8.51. The molecule has 3 heterocycles. The molecule has 0 bridgehead atoms. The molecule has 4 aliphatic rings. The molecular formula is C22H33NO9S. The number of nitrogens with zero attached hydrogens (tertiary/aromatic N) is 1. The lowest BCUT2D eigenvalue weighted by Gasteiger charge is -2.44. The normalized spacial score (nSPS) is 37.9. The van der Waals surface area contributed by atoms with Crippen LogP contribution in [0.3, 0.4) is 0 Å². The maximum absolute atomic E-state index is 12.7. The third kappa shape index (κ3) is 4.65. The Morgan fingerprint density at radius 3 is 2.48 bits per heavy atom. The summed E-state index contributed by atoms with van der Waals surface area (Å²) in [6.45, 7) is 6.65. The molecule has 33 heavy (non-hydrogen) atoms. The summed E-state index contributed by atoms with van der Waals surface area (Å²) in [7, 11) is -2.20. The molecule has 3 saturated heterocycles. The van der Waals surface area contributed by atoms with E-state index in [1.165, 1.54) is 10.5 Å². The van der Waals surface area contributed by atoms with Crippen LogP contribution in [0.15, 0.2) is 11.6 Å². The zero-order valence-corrected chi connectivity index (χ0v) is 20.3. The number of carbonyl (C=O) groups is 2. The summed E-state index contributed by atoms with van der Waals surface area (Å²) in [5.74, 6) is -2.44. The highest BCUT2D eigenvalue weighted by Crippen LogP contribution is 2.59. The molecular weight excluding hydrogens is 454 g/mol. The van der Waals surface area contributed by atoms with Gasteiger partial charge in [-0.05, 0) is 40.0 Å². The minimum absolute atomic E-state index is 0.0427. The van der Waals surface area contributed by atoms with Gasteiger partial charge in [-0.25, -0.2) is 13.2 Å². The van der Waals surface area contributed by atoms with Gasteiger partial charge in [0.15, 0.2) is 9.84 Å². The number of hydrogen-bond donors (Lipinski definition) is 1. The fourth-order valence-corrected chi connectivity index (χ4v) is 6.77. The number of carbonyl (C=O) groups excluding carboxylic acids is 1. The standard InChI is InChI=1S/C22H33NO9S/c1-13(2)5-6-16-21(3,32-16)19-18(29-4)15(7-8-22(19)12-30-22)31-20(26)23-9-14(10-23)33(27,28)11-17(24)25/h5,14-16,18-19H,6-12H2,1-4H3,(H,24,25)/t15-,16-,18-,19-,21+,22+/m1/s1. The van der Waals surface area contributed by atoms with Crippen molar-refractivity contribution in [2.24, 2.45) is 5.92 Å². The van der Waals surface area contributed by atoms with Crippen LogP contribution in [-0.2, 0) is 33.6 Å². The highest BCUT2D eigenvalue weighted by atomic mass is 32.2. The van der Waals surface area contributed by atoms with Crippen LogP contribution in [0.5, 0.6) is 0 Å². The van der Waals surface area contributed by atoms with Gasteiger partial charge in [-0.2, -0.15) is 0 Å². The molecule has 0 radical (unpaired) electrons. The molecule has 3 aliphatic heterocycles. The van der Waals surface area contributed by atoms with Gasteiger partial charge in [0, 0.05) is 20.2 Å². The van der Waals surface area contributed by atoms with E-state index >= 15 is 0 Å². The molecule has 0 aromatic rings. The Morgan fingerprint density at radius 2 is 1.94 bits per heavy atom. The minimum Gasteiger partial charge on any atom is -0.480 e. The van der Waals surface area contributed by atoms with Crippen LogP contribution >= 0.6 is 0 Å². The molecule has 0 aromatic heterocycles. The Labute approximate surface area is 194 Å². The number of sulfone groups is 1. The lowest BCUT2D eigenvalue weighted by molar-refractivity contribution is -0.134. The van der Waals surface area contributed by atoms with Gasteiger partial charge >= 0.3 is 12.1 Å². The highest BCUT2D eigenvalue weighted by molar-refractivity contribution is 7.92. The summed E-state index contributed by atoms with van der Waals surface area (Å²) in [6.07, 6.45) is 2.74. The zero-order valence-electron chi connectivity index (χ0n) is 19.5. The quantitative estimate of drug-likeness (QED) is 0.398. The number of amides is 1. The number of allylic oxidation sites excluding steroid dienone is 1. The van der Waals surface area contributed by atoms with Crippen molar-refractivity contribution in [3.8, 4) is 0 Å². The third-order valence-electron chi connectivity index (χ3n) is 7.43. The van der Waals surface area contributed by atoms with Crippen molar-refractivity contribution < 1.29 is 42.1 Å². The first-order chi connectivity index (χ1) is 15.4. The van der Waals surface area contributed by atoms with Crippen molar-refractivity contribution in [1.82, 2.24) is 4.90 Å². The molecule has 0 aromatic carbocycles. The van der Waals surface area contributed by atoms with Crippen LogP contribution < -0.4 is 0 Å². The number of rotatable bonds is 8. The van der Waals surface area contributed by atoms with Crippen LogP contribution in [0.25, 0.3) is 0 Å². The summed E-state index contributed by atoms with van der Waals surface area (Å²) in [4.78, 5) is 24.8. The summed E-state index contributed by atoms with van der Waals surface area (Å²) in [5.41, 5.74) is 0.452. The SMILES string of the molecule is CO[C@@H]1[C@H](OC(=O)N2CC(S(=O)(=O)CC(=O)O)C2)CC[C@]2(CO2)[C@H]1[C@@]1(C)O[C@@H]1CC=C(C)C. The number of aliphatic carboxylic acids is 1. The average molecular weight is 488 g/mol. The maximum atomic E-state index is 12.7. The van der Waals surface area contributed by atoms with Crippen molar-refractivity contribution in [3.05, 3.63) is 11.6 Å². The first-order valence-electron chi connectivity index (χ1n) is 11.3. The molecule has 4 rings (SSSR count). The molecule has 1 amide bonds. The largest absolute Gasteiger partial charge is 0.480 e. The minimum atomic E-state index is -3.79. The maximum Gasteiger partial charge on any atom is 0.410 e. The topological polar surface area (TPSA) is 135 Å². The van der Waals surface area contributed by atoms with E-state index in [2.05, 4.69) is 13.0 Å². The second-order valence-electron chi connectivity index (χ2n) is 10.0. The lowest BCUT2D eigenvalue weighted by atomic mass is 9.68. The predicted molar refractivity (Wildman–Crippen MR) is 117 cm³/mol. The van der Waals surface area contributed by atoms with Gasteiger partial charge in [0.05, 0.1) is 23.9 Å². The molecule has 6 atom stereocenters. The molecule has 0 unspecified atom stereocenters. The van der Waals surface area contributed by atoms with E-state index < -0.39 is 50.7 Å². The fraction of sp³-hybridized carbons (Fsp3) is 0.818. The molecule has 1 saturated carbocycles. The van der Waals surface area contributed by atoms with E-state index in [1.54, 1.807) is 7.11 Å². The van der Waals surface area contributed by atoms with Crippen molar-refractivity contribution in [2.45, 2.75) is 74.8 Å². The van der Waals surface area contributed by atoms with Crippen molar-refractivity contribution in [1.29, 1.82) is 0 Å². The van der Waals surface area contributed by atoms with Gasteiger partial charge in [0.2, 0.25) is 0 Å². The van der Waals surface area contributed by atoms with E-state index in [-0.39, 0.29) is 30.7 Å². The average Bonchev–Trinajstić information content (AvgIpc) is 3.56. The predicted octanol–water partition coefficient (Wildman–Crippen LogP) is 1.38. The van der Waals surface area contributed by atoms with Crippen molar-refractivity contribution >= 4 is 21.9 Å². The summed E-state index contributed by atoms with van der Waals surface area (Å²) < 4.78 is 47.7. The number of methoxy groups -OCH3 is 1. The van der Waals surface area contributed by atoms with Crippen LogP contribution in [0.2, 0.25) is 0 Å². The first kappa shape index (κ1) is 24.4. The van der Waals surface area contributed by atoms with Gasteiger partial charge in [0.25, 0.3) is 0 Å². The third-order valence-corrected chi connectivity index (χ3v) is 9.39. The Bertz CT molecular complexity index is 934. The second-order valence-corrected chi connectivity index (χ2v) is 12.3. The molecule has 10 nitrogen and oxygen atoms in total. The smallest absolute Gasteiger partial charge is 0.410 e. The molecule has 4 fully saturated rings. The van der Waals surface area contributed by atoms with E-state index in [0.717, 1.165) is 12.8 Å². The summed E-state index contributed by atoms with van der Waals surface area (Å²) >= 11 is 0. The van der Waals surface area contributed by atoms with Gasteiger partial charge in [0.1, 0.15) is 29.2 Å². The van der Waals surface area contributed by atoms with E-state index in [4.69, 9.17) is 24.1 Å². The van der Waals surface area contributed by atoms with Gasteiger partial charge < -0.3 is 29.0 Å². The lowest BCUT2D eigenvalue weighted by Crippen LogP contribution is -2.60. The van der Waals surface area contributed by atoms with Gasteiger partial charge in [-0.15, -0.1) is 0 Å². The summed E-state index contributed by atoms with van der Waals surface area (Å²) in [6, 6.07) is 0. The van der Waals surface area contributed by atoms with E-state index in [0.29, 0.717) is 13.0 Å². The number of epoxide rings is 2. The number of likely N-dealkylation sites (tertiary alicyclic amines) is 1. The number of carboxylic acid groups (broad SMARTS) is 1. The Balaban J connectivity index is 1.40. The highest BCUT2D eigenvalue weighted by Gasteiger charge is 2.72. The first-order valence-corrected chi connectivity index (χ1v) is 13.0. The van der Waals surface area contributed by atoms with Crippen molar-refractivity contribution in [3.63, 3.8) is 0 Å². The Morgan fingerprint density at radius 1 is 1.27 bits per heavy atom. The van der Waals surface area contributed by atoms with E-state index in [1.807, 2.05) is 13.8 Å². The summed E-state index contributed by atoms with van der Waals surface area (Å²) in [5, 5.41) is 7.89. The van der Waals surface area contributed by atoms with E-state index in [9.17, 15) is 18.0 Å². The van der Waals surface area contributed by atoms with Gasteiger partial charge in [-0.1, -0.05) is 11.6 Å². The van der Waals surface area contributed by atoms with Crippen LogP contribution in [0.1, 0.15) is 40.0 Å².